The number of pyridine rings is 1. The van der Waals surface area contributed by atoms with Gasteiger partial charge in [0.15, 0.2) is 0 Å². The van der Waals surface area contributed by atoms with E-state index in [0.29, 0.717) is 27.9 Å². The van der Waals surface area contributed by atoms with Crippen LogP contribution in [-0.2, 0) is 11.3 Å². The summed E-state index contributed by atoms with van der Waals surface area (Å²) in [4.78, 5) is 31.0. The molecule has 2 saturated heterocycles. The van der Waals surface area contributed by atoms with Gasteiger partial charge in [-0.1, -0.05) is 63.5 Å². The van der Waals surface area contributed by atoms with Crippen molar-refractivity contribution in [2.24, 2.45) is 0 Å². The molecule has 1 aromatic rings. The molecule has 0 atom stereocenters. The Balaban J connectivity index is 2.14. The number of nitriles is 1. The van der Waals surface area contributed by atoms with E-state index in [1.807, 2.05) is 19.9 Å². The lowest BCUT2D eigenvalue weighted by Gasteiger charge is -2.29. The molecule has 0 bridgehead atoms. The van der Waals surface area contributed by atoms with E-state index in [1.165, 1.54) is 24.6 Å². The van der Waals surface area contributed by atoms with Crippen molar-refractivity contribution in [3.63, 3.8) is 0 Å². The zero-order chi connectivity index (χ0) is 24.0. The van der Waals surface area contributed by atoms with Gasteiger partial charge in [0.1, 0.15) is 21.8 Å². The first-order valence-corrected chi connectivity index (χ1v) is 13.3. The lowest BCUT2D eigenvalue weighted by molar-refractivity contribution is -0.122. The molecule has 8 heteroatoms. The summed E-state index contributed by atoms with van der Waals surface area (Å²) in [6, 6.07) is 2.12. The van der Waals surface area contributed by atoms with Crippen LogP contribution in [0.15, 0.2) is 9.70 Å². The lowest BCUT2D eigenvalue weighted by Crippen LogP contribution is -2.35. The highest BCUT2D eigenvalue weighted by molar-refractivity contribution is 8.26. The Morgan fingerprint density at radius 3 is 2.36 bits per heavy atom. The quantitative estimate of drug-likeness (QED) is 0.285. The van der Waals surface area contributed by atoms with Crippen LogP contribution >= 0.6 is 24.0 Å². The van der Waals surface area contributed by atoms with E-state index >= 15 is 0 Å². The van der Waals surface area contributed by atoms with Gasteiger partial charge >= 0.3 is 0 Å². The van der Waals surface area contributed by atoms with Crippen LogP contribution in [0.25, 0.3) is 6.08 Å². The maximum atomic E-state index is 13.3. The minimum atomic E-state index is -0.236. The molecule has 3 heterocycles. The molecule has 6 nitrogen and oxygen atoms in total. The van der Waals surface area contributed by atoms with Crippen molar-refractivity contribution in [3.8, 4) is 6.07 Å². The topological polar surface area (TPSA) is 69.3 Å². The van der Waals surface area contributed by atoms with Crippen LogP contribution in [0.3, 0.4) is 0 Å². The molecule has 1 amide bonds. The molecule has 1 aromatic heterocycles. The standard InChI is InChI=1S/C25H34N4O2S2/c1-4-6-9-15-29-24(31)21(33-25(29)32)16-19-18(3)20(17-26)23(30)28(12-5-2)22(19)27-13-10-7-8-11-14-27/h16H,4-15H2,1-3H3/b21-16-. The number of hydrogen-bond acceptors (Lipinski definition) is 6. The van der Waals surface area contributed by atoms with E-state index in [4.69, 9.17) is 12.2 Å². The Labute approximate surface area is 206 Å². The third-order valence-corrected chi connectivity index (χ3v) is 7.71. The number of aromatic nitrogens is 1. The molecular formula is C25H34N4O2S2. The van der Waals surface area contributed by atoms with Crippen molar-refractivity contribution in [1.29, 1.82) is 5.26 Å². The fourth-order valence-corrected chi connectivity index (χ4v) is 5.83. The van der Waals surface area contributed by atoms with Crippen LogP contribution in [0.5, 0.6) is 0 Å². The Morgan fingerprint density at radius 1 is 1.06 bits per heavy atom. The van der Waals surface area contributed by atoms with Crippen molar-refractivity contribution in [3.05, 3.63) is 31.9 Å². The summed E-state index contributed by atoms with van der Waals surface area (Å²) in [7, 11) is 0. The van der Waals surface area contributed by atoms with Gasteiger partial charge in [-0.05, 0) is 44.2 Å². The molecule has 0 aliphatic carbocycles. The van der Waals surface area contributed by atoms with E-state index in [-0.39, 0.29) is 17.0 Å². The SMILES string of the molecule is CCCCCN1C(=O)/C(=C/c2c(C)c(C#N)c(=O)n(CCC)c2N2CCCCCC2)SC1=S. The number of carbonyl (C=O) groups excluding carboxylic acids is 1. The molecule has 0 aromatic carbocycles. The first kappa shape index (κ1) is 25.5. The highest BCUT2D eigenvalue weighted by atomic mass is 32.2. The van der Waals surface area contributed by atoms with Crippen LogP contribution in [0.2, 0.25) is 0 Å². The van der Waals surface area contributed by atoms with Crippen LogP contribution in [0.4, 0.5) is 5.82 Å². The first-order chi connectivity index (χ1) is 15.9. The minimum Gasteiger partial charge on any atom is -0.357 e. The van der Waals surface area contributed by atoms with Crippen molar-refractivity contribution >= 4 is 46.1 Å². The number of thioether (sulfide) groups is 1. The Morgan fingerprint density at radius 2 is 1.76 bits per heavy atom. The predicted molar refractivity (Wildman–Crippen MR) is 141 cm³/mol. The number of hydrogen-bond donors (Lipinski definition) is 0. The second kappa shape index (κ2) is 11.8. The molecule has 3 rings (SSSR count). The van der Waals surface area contributed by atoms with E-state index in [0.717, 1.165) is 63.0 Å². The summed E-state index contributed by atoms with van der Waals surface area (Å²) in [5.41, 5.74) is 1.37. The second-order valence-electron chi connectivity index (χ2n) is 8.75. The van der Waals surface area contributed by atoms with Gasteiger partial charge in [-0.2, -0.15) is 5.26 Å². The molecular weight excluding hydrogens is 452 g/mol. The lowest BCUT2D eigenvalue weighted by atomic mass is 10.0. The molecule has 2 aliphatic rings. The summed E-state index contributed by atoms with van der Waals surface area (Å²) in [5, 5.41) is 9.78. The molecule has 0 saturated carbocycles. The number of carbonyl (C=O) groups is 1. The van der Waals surface area contributed by atoms with E-state index in [9.17, 15) is 14.9 Å². The van der Waals surface area contributed by atoms with Gasteiger partial charge < -0.3 is 4.90 Å². The summed E-state index contributed by atoms with van der Waals surface area (Å²) >= 11 is 6.84. The van der Waals surface area contributed by atoms with Crippen molar-refractivity contribution < 1.29 is 4.79 Å². The second-order valence-corrected chi connectivity index (χ2v) is 10.4. The Bertz CT molecular complexity index is 1030. The van der Waals surface area contributed by atoms with E-state index in [2.05, 4.69) is 17.9 Å². The smallest absolute Gasteiger partial charge is 0.270 e. The largest absolute Gasteiger partial charge is 0.357 e. The summed E-state index contributed by atoms with van der Waals surface area (Å²) in [6.07, 6.45) is 10.2. The molecule has 0 radical (unpaired) electrons. The zero-order valence-corrected chi connectivity index (χ0v) is 21.6. The average molecular weight is 487 g/mol. The maximum Gasteiger partial charge on any atom is 0.270 e. The van der Waals surface area contributed by atoms with Gasteiger partial charge in [0.05, 0.1) is 4.91 Å². The van der Waals surface area contributed by atoms with Crippen LogP contribution < -0.4 is 10.5 Å². The van der Waals surface area contributed by atoms with Gasteiger partial charge in [-0.3, -0.25) is 19.1 Å². The molecule has 2 aliphatic heterocycles. The normalized spacial score (nSPS) is 18.2. The molecule has 0 N–H and O–H groups in total. The molecule has 2 fully saturated rings. The third kappa shape index (κ3) is 5.52. The Hall–Kier alpha value is -2.11. The van der Waals surface area contributed by atoms with E-state index in [1.54, 1.807) is 9.47 Å². The number of thiocarbonyl (C=S) groups is 1. The highest BCUT2D eigenvalue weighted by Crippen LogP contribution is 2.36. The van der Waals surface area contributed by atoms with Crippen molar-refractivity contribution in [1.82, 2.24) is 9.47 Å². The number of amides is 1. The maximum absolute atomic E-state index is 13.3. The molecule has 0 unspecified atom stereocenters. The molecule has 0 spiro atoms. The van der Waals surface area contributed by atoms with Crippen LogP contribution in [0, 0.1) is 18.3 Å². The fraction of sp³-hybridized carbons (Fsp3) is 0.600. The summed E-state index contributed by atoms with van der Waals surface area (Å²) in [6.45, 7) is 8.90. The average Bonchev–Trinajstić information content (AvgIpc) is 2.97. The highest BCUT2D eigenvalue weighted by Gasteiger charge is 2.33. The van der Waals surface area contributed by atoms with Crippen molar-refractivity contribution in [2.45, 2.75) is 78.7 Å². The monoisotopic (exact) mass is 486 g/mol. The summed E-state index contributed by atoms with van der Waals surface area (Å²) in [5.74, 6) is 0.769. The summed E-state index contributed by atoms with van der Waals surface area (Å²) < 4.78 is 2.34. The number of nitrogens with zero attached hydrogens (tertiary/aromatic N) is 4. The number of anilines is 1. The predicted octanol–water partition coefficient (Wildman–Crippen LogP) is 5.21. The van der Waals surface area contributed by atoms with Gasteiger partial charge in [0.25, 0.3) is 11.5 Å². The van der Waals surface area contributed by atoms with E-state index < -0.39 is 0 Å². The van der Waals surface area contributed by atoms with Gasteiger partial charge in [-0.15, -0.1) is 0 Å². The van der Waals surface area contributed by atoms with Gasteiger partial charge in [0.2, 0.25) is 0 Å². The molecule has 178 valence electrons. The van der Waals surface area contributed by atoms with Crippen LogP contribution in [0.1, 0.15) is 81.9 Å². The van der Waals surface area contributed by atoms with Gasteiger partial charge in [-0.25, -0.2) is 0 Å². The fourth-order valence-electron chi connectivity index (χ4n) is 4.54. The zero-order valence-electron chi connectivity index (χ0n) is 20.0. The van der Waals surface area contributed by atoms with Crippen LogP contribution in [-0.4, -0.2) is 39.3 Å². The van der Waals surface area contributed by atoms with Crippen molar-refractivity contribution in [2.75, 3.05) is 24.5 Å². The Kier molecular flexibility index (Phi) is 9.16. The molecule has 33 heavy (non-hydrogen) atoms. The number of unbranched alkanes of at least 4 members (excludes halogenated alkanes) is 2. The first-order valence-electron chi connectivity index (χ1n) is 12.1. The van der Waals surface area contributed by atoms with Gasteiger partial charge in [0, 0.05) is 31.7 Å². The minimum absolute atomic E-state index is 0.0749. The number of rotatable bonds is 8. The third-order valence-electron chi connectivity index (χ3n) is 6.33.